The number of aromatic nitrogens is 2. The SMILES string of the molecule is CCN1CCC(c2ncc3n2CCCC3O)CC1. The van der Waals surface area contributed by atoms with Crippen LogP contribution in [-0.2, 0) is 6.54 Å². The molecule has 1 fully saturated rings. The van der Waals surface area contributed by atoms with Crippen molar-refractivity contribution in [3.05, 3.63) is 17.7 Å². The molecule has 1 saturated heterocycles. The Morgan fingerprint density at radius 2 is 2.06 bits per heavy atom. The number of aliphatic hydroxyl groups is 1. The molecule has 1 N–H and O–H groups in total. The Labute approximate surface area is 109 Å². The van der Waals surface area contributed by atoms with Crippen molar-refractivity contribution < 1.29 is 5.11 Å². The van der Waals surface area contributed by atoms with Crippen LogP contribution in [0.5, 0.6) is 0 Å². The van der Waals surface area contributed by atoms with E-state index in [4.69, 9.17) is 0 Å². The number of imidazole rings is 1. The molecule has 0 radical (unpaired) electrons. The summed E-state index contributed by atoms with van der Waals surface area (Å²) in [6.07, 6.45) is 5.98. The smallest absolute Gasteiger partial charge is 0.112 e. The zero-order valence-corrected chi connectivity index (χ0v) is 11.2. The second kappa shape index (κ2) is 5.02. The molecule has 0 spiro atoms. The van der Waals surface area contributed by atoms with Gasteiger partial charge in [0.15, 0.2) is 0 Å². The molecule has 0 amide bonds. The molecule has 3 heterocycles. The van der Waals surface area contributed by atoms with Gasteiger partial charge in [-0.25, -0.2) is 4.98 Å². The van der Waals surface area contributed by atoms with Gasteiger partial charge in [0.25, 0.3) is 0 Å². The first-order chi connectivity index (χ1) is 8.79. The molecule has 2 aliphatic heterocycles. The summed E-state index contributed by atoms with van der Waals surface area (Å²) in [5.74, 6) is 1.81. The predicted molar refractivity (Wildman–Crippen MR) is 70.5 cm³/mol. The van der Waals surface area contributed by atoms with Crippen molar-refractivity contribution in [3.8, 4) is 0 Å². The van der Waals surface area contributed by atoms with Crippen LogP contribution in [0.25, 0.3) is 0 Å². The summed E-state index contributed by atoms with van der Waals surface area (Å²) in [6, 6.07) is 0. The lowest BCUT2D eigenvalue weighted by atomic mass is 9.95. The van der Waals surface area contributed by atoms with Crippen LogP contribution in [0.2, 0.25) is 0 Å². The molecule has 2 aliphatic rings. The van der Waals surface area contributed by atoms with Crippen molar-refractivity contribution in [2.45, 2.75) is 51.2 Å². The monoisotopic (exact) mass is 249 g/mol. The molecule has 3 rings (SSSR count). The van der Waals surface area contributed by atoms with Crippen LogP contribution in [0, 0.1) is 0 Å². The summed E-state index contributed by atoms with van der Waals surface area (Å²) in [7, 11) is 0. The van der Waals surface area contributed by atoms with Gasteiger partial charge in [0.05, 0.1) is 18.0 Å². The molecule has 0 aliphatic carbocycles. The number of hydrogen-bond acceptors (Lipinski definition) is 3. The van der Waals surface area contributed by atoms with E-state index in [0.717, 1.165) is 31.6 Å². The molecule has 1 aromatic rings. The molecule has 4 heteroatoms. The number of aliphatic hydroxyl groups excluding tert-OH is 1. The zero-order chi connectivity index (χ0) is 12.5. The fraction of sp³-hybridized carbons (Fsp3) is 0.786. The maximum absolute atomic E-state index is 9.98. The van der Waals surface area contributed by atoms with E-state index >= 15 is 0 Å². The molecule has 4 nitrogen and oxygen atoms in total. The number of fused-ring (bicyclic) bond motifs is 1. The number of hydrogen-bond donors (Lipinski definition) is 1. The van der Waals surface area contributed by atoms with Gasteiger partial charge in [0.1, 0.15) is 5.82 Å². The third kappa shape index (κ3) is 2.08. The lowest BCUT2D eigenvalue weighted by molar-refractivity contribution is 0.137. The van der Waals surface area contributed by atoms with Gasteiger partial charge in [-0.1, -0.05) is 6.92 Å². The fourth-order valence-electron chi connectivity index (χ4n) is 3.34. The molecular weight excluding hydrogens is 226 g/mol. The highest BCUT2D eigenvalue weighted by molar-refractivity contribution is 5.14. The van der Waals surface area contributed by atoms with Gasteiger partial charge in [-0.3, -0.25) is 0 Å². The lowest BCUT2D eigenvalue weighted by Crippen LogP contribution is -2.33. The Kier molecular flexibility index (Phi) is 3.39. The lowest BCUT2D eigenvalue weighted by Gasteiger charge is -2.32. The van der Waals surface area contributed by atoms with E-state index in [2.05, 4.69) is 21.4 Å². The van der Waals surface area contributed by atoms with Crippen LogP contribution in [0.3, 0.4) is 0 Å². The first-order valence-electron chi connectivity index (χ1n) is 7.25. The fourth-order valence-corrected chi connectivity index (χ4v) is 3.34. The van der Waals surface area contributed by atoms with Crippen molar-refractivity contribution in [1.29, 1.82) is 0 Å². The van der Waals surface area contributed by atoms with Crippen LogP contribution in [0.4, 0.5) is 0 Å². The number of rotatable bonds is 2. The van der Waals surface area contributed by atoms with Gasteiger partial charge < -0.3 is 14.6 Å². The second-order valence-electron chi connectivity index (χ2n) is 5.56. The van der Waals surface area contributed by atoms with E-state index in [1.807, 2.05) is 6.20 Å². The molecule has 18 heavy (non-hydrogen) atoms. The minimum absolute atomic E-state index is 0.296. The molecule has 1 unspecified atom stereocenters. The number of nitrogens with zero attached hydrogens (tertiary/aromatic N) is 3. The van der Waals surface area contributed by atoms with Gasteiger partial charge in [0, 0.05) is 12.5 Å². The van der Waals surface area contributed by atoms with E-state index in [1.54, 1.807) is 0 Å². The van der Waals surface area contributed by atoms with Gasteiger partial charge in [-0.2, -0.15) is 0 Å². The normalized spacial score (nSPS) is 26.2. The van der Waals surface area contributed by atoms with Crippen LogP contribution >= 0.6 is 0 Å². The summed E-state index contributed by atoms with van der Waals surface area (Å²) in [4.78, 5) is 7.11. The topological polar surface area (TPSA) is 41.3 Å². The van der Waals surface area contributed by atoms with Crippen LogP contribution in [0.1, 0.15) is 56.1 Å². The van der Waals surface area contributed by atoms with Crippen molar-refractivity contribution in [2.75, 3.05) is 19.6 Å². The van der Waals surface area contributed by atoms with Gasteiger partial charge in [0.2, 0.25) is 0 Å². The predicted octanol–water partition coefficient (Wildman–Crippen LogP) is 1.91. The van der Waals surface area contributed by atoms with Crippen molar-refractivity contribution >= 4 is 0 Å². The Balaban J connectivity index is 1.77. The maximum atomic E-state index is 9.98. The van der Waals surface area contributed by atoms with Gasteiger partial charge >= 0.3 is 0 Å². The number of likely N-dealkylation sites (tertiary alicyclic amines) is 1. The van der Waals surface area contributed by atoms with Crippen LogP contribution < -0.4 is 0 Å². The molecule has 1 aromatic heterocycles. The minimum atomic E-state index is -0.296. The van der Waals surface area contributed by atoms with E-state index in [-0.39, 0.29) is 6.10 Å². The highest BCUT2D eigenvalue weighted by Gasteiger charge is 2.27. The molecular formula is C14H23N3O. The van der Waals surface area contributed by atoms with Crippen LogP contribution in [-0.4, -0.2) is 39.2 Å². The summed E-state index contributed by atoms with van der Waals surface area (Å²) < 4.78 is 2.28. The largest absolute Gasteiger partial charge is 0.387 e. The Morgan fingerprint density at radius 1 is 1.28 bits per heavy atom. The van der Waals surface area contributed by atoms with Gasteiger partial charge in [-0.05, 0) is 45.3 Å². The molecule has 100 valence electrons. The summed E-state index contributed by atoms with van der Waals surface area (Å²) in [6.45, 7) is 6.80. The maximum Gasteiger partial charge on any atom is 0.112 e. The summed E-state index contributed by atoms with van der Waals surface area (Å²) in [5, 5.41) is 9.98. The molecule has 0 aromatic carbocycles. The Hall–Kier alpha value is -0.870. The van der Waals surface area contributed by atoms with Gasteiger partial charge in [-0.15, -0.1) is 0 Å². The van der Waals surface area contributed by atoms with E-state index < -0.39 is 0 Å². The van der Waals surface area contributed by atoms with E-state index in [0.29, 0.717) is 5.92 Å². The third-order valence-corrected chi connectivity index (χ3v) is 4.52. The van der Waals surface area contributed by atoms with Crippen molar-refractivity contribution in [2.24, 2.45) is 0 Å². The van der Waals surface area contributed by atoms with Crippen LogP contribution in [0.15, 0.2) is 6.20 Å². The average Bonchev–Trinajstić information content (AvgIpc) is 2.84. The Morgan fingerprint density at radius 3 is 2.78 bits per heavy atom. The highest BCUT2D eigenvalue weighted by Crippen LogP contribution is 2.32. The zero-order valence-electron chi connectivity index (χ0n) is 11.2. The molecule has 1 atom stereocenters. The van der Waals surface area contributed by atoms with E-state index in [1.165, 1.54) is 31.8 Å². The number of piperidine rings is 1. The molecule has 0 bridgehead atoms. The Bertz CT molecular complexity index is 407. The summed E-state index contributed by atoms with van der Waals surface area (Å²) in [5.41, 5.74) is 1.04. The van der Waals surface area contributed by atoms with Crippen molar-refractivity contribution in [3.63, 3.8) is 0 Å². The minimum Gasteiger partial charge on any atom is -0.387 e. The first kappa shape index (κ1) is 12.2. The van der Waals surface area contributed by atoms with Crippen molar-refractivity contribution in [1.82, 2.24) is 14.5 Å². The second-order valence-corrected chi connectivity index (χ2v) is 5.56. The summed E-state index contributed by atoms with van der Waals surface area (Å²) >= 11 is 0. The third-order valence-electron chi connectivity index (χ3n) is 4.52. The highest BCUT2D eigenvalue weighted by atomic mass is 16.3. The standard InChI is InChI=1S/C14H23N3O/c1-2-16-8-5-11(6-9-16)14-15-10-12-13(18)4-3-7-17(12)14/h10-11,13,18H,2-9H2,1H3. The first-order valence-corrected chi connectivity index (χ1v) is 7.25. The van der Waals surface area contributed by atoms with E-state index in [9.17, 15) is 5.11 Å². The molecule has 0 saturated carbocycles. The average molecular weight is 249 g/mol. The quantitative estimate of drug-likeness (QED) is 0.870.